The second-order valence-corrected chi connectivity index (χ2v) is 5.94. The third kappa shape index (κ3) is 9.32. The highest BCUT2D eigenvalue weighted by molar-refractivity contribution is 5.74. The minimum Gasteiger partial charge on any atom is -0.338 e. The number of carbonyl (C=O) groups is 1. The predicted molar refractivity (Wildman–Crippen MR) is 78.8 cm³/mol. The van der Waals surface area contributed by atoms with E-state index in [4.69, 9.17) is 0 Å². The van der Waals surface area contributed by atoms with Crippen molar-refractivity contribution in [1.82, 2.24) is 10.2 Å². The lowest BCUT2D eigenvalue weighted by Crippen LogP contribution is -2.42. The van der Waals surface area contributed by atoms with E-state index in [1.165, 1.54) is 0 Å². The van der Waals surface area contributed by atoms with Crippen LogP contribution in [0.4, 0.5) is 4.79 Å². The molecule has 0 atom stereocenters. The largest absolute Gasteiger partial charge is 0.338 e. The van der Waals surface area contributed by atoms with Crippen LogP contribution in [-0.4, -0.2) is 30.6 Å². The van der Waals surface area contributed by atoms with Gasteiger partial charge in [0.1, 0.15) is 0 Å². The molecule has 18 heavy (non-hydrogen) atoms. The lowest BCUT2D eigenvalue weighted by atomic mass is 10.1. The van der Waals surface area contributed by atoms with E-state index in [0.717, 1.165) is 45.3 Å². The van der Waals surface area contributed by atoms with Crippen LogP contribution in [0.15, 0.2) is 0 Å². The molecule has 3 heteroatoms. The van der Waals surface area contributed by atoms with Gasteiger partial charge >= 0.3 is 6.03 Å². The molecule has 0 bridgehead atoms. The monoisotopic (exact) mass is 256 g/mol. The summed E-state index contributed by atoms with van der Waals surface area (Å²) in [6, 6.07) is 0.116. The zero-order valence-electron chi connectivity index (χ0n) is 13.0. The summed E-state index contributed by atoms with van der Waals surface area (Å²) in [4.78, 5) is 14.0. The molecule has 0 heterocycles. The predicted octanol–water partition coefficient (Wildman–Crippen LogP) is 3.89. The maximum Gasteiger partial charge on any atom is 0.317 e. The van der Waals surface area contributed by atoms with Gasteiger partial charge < -0.3 is 10.2 Å². The molecule has 0 saturated carbocycles. The van der Waals surface area contributed by atoms with Crippen LogP contribution in [0.1, 0.15) is 60.3 Å². The molecular weight excluding hydrogens is 224 g/mol. The van der Waals surface area contributed by atoms with Crippen LogP contribution in [0.2, 0.25) is 0 Å². The summed E-state index contributed by atoms with van der Waals surface area (Å²) in [6.45, 7) is 13.5. The number of carbonyl (C=O) groups excluding carboxylic acids is 1. The molecular formula is C15H32N2O. The zero-order valence-corrected chi connectivity index (χ0v) is 13.0. The molecule has 0 aromatic carbocycles. The molecule has 2 amide bonds. The average Bonchev–Trinajstić information content (AvgIpc) is 2.28. The van der Waals surface area contributed by atoms with Crippen LogP contribution in [0.5, 0.6) is 0 Å². The first-order valence-corrected chi connectivity index (χ1v) is 7.50. The molecule has 0 saturated heterocycles. The van der Waals surface area contributed by atoms with E-state index in [0.29, 0.717) is 11.8 Å². The van der Waals surface area contributed by atoms with Crippen LogP contribution in [0.3, 0.4) is 0 Å². The number of unbranched alkanes of at least 4 members (excludes halogenated alkanes) is 1. The van der Waals surface area contributed by atoms with Gasteiger partial charge in [-0.1, -0.05) is 41.0 Å². The van der Waals surface area contributed by atoms with Gasteiger partial charge in [0.25, 0.3) is 0 Å². The van der Waals surface area contributed by atoms with Crippen molar-refractivity contribution in [2.45, 2.75) is 60.3 Å². The summed E-state index contributed by atoms with van der Waals surface area (Å²) < 4.78 is 0. The van der Waals surface area contributed by atoms with E-state index < -0.39 is 0 Å². The van der Waals surface area contributed by atoms with Gasteiger partial charge in [-0.05, 0) is 31.1 Å². The lowest BCUT2D eigenvalue weighted by Gasteiger charge is -2.24. The Labute approximate surface area is 113 Å². The van der Waals surface area contributed by atoms with Crippen molar-refractivity contribution >= 4 is 6.03 Å². The van der Waals surface area contributed by atoms with E-state index in [-0.39, 0.29) is 6.03 Å². The van der Waals surface area contributed by atoms with Crippen LogP contribution in [0.25, 0.3) is 0 Å². The maximum absolute atomic E-state index is 12.1. The van der Waals surface area contributed by atoms with Crippen molar-refractivity contribution in [3.05, 3.63) is 0 Å². The molecule has 0 aliphatic carbocycles. The number of rotatable bonds is 9. The molecule has 0 aliphatic heterocycles. The van der Waals surface area contributed by atoms with Gasteiger partial charge in [0.15, 0.2) is 0 Å². The zero-order chi connectivity index (χ0) is 14.0. The fraction of sp³-hybridized carbons (Fsp3) is 0.933. The standard InChI is InChI=1S/C15H32N2O/c1-6-7-10-16-15(18)17(11-8-13(2)3)12-9-14(4)5/h13-14H,6-12H2,1-5H3,(H,16,18). The van der Waals surface area contributed by atoms with Gasteiger partial charge in [-0.2, -0.15) is 0 Å². The van der Waals surface area contributed by atoms with Crippen molar-refractivity contribution in [2.75, 3.05) is 19.6 Å². The molecule has 0 spiro atoms. The van der Waals surface area contributed by atoms with E-state index in [9.17, 15) is 4.79 Å². The number of nitrogens with zero attached hydrogens (tertiary/aromatic N) is 1. The van der Waals surface area contributed by atoms with E-state index >= 15 is 0 Å². The highest BCUT2D eigenvalue weighted by atomic mass is 16.2. The minimum absolute atomic E-state index is 0.116. The molecule has 1 N–H and O–H groups in total. The summed E-state index contributed by atoms with van der Waals surface area (Å²) in [7, 11) is 0. The SMILES string of the molecule is CCCCNC(=O)N(CCC(C)C)CCC(C)C. The van der Waals surface area contributed by atoms with Crippen LogP contribution < -0.4 is 5.32 Å². The highest BCUT2D eigenvalue weighted by Crippen LogP contribution is 2.06. The van der Waals surface area contributed by atoms with Gasteiger partial charge in [-0.25, -0.2) is 4.79 Å². The minimum atomic E-state index is 0.116. The Balaban J connectivity index is 4.11. The molecule has 0 aromatic heterocycles. The van der Waals surface area contributed by atoms with Gasteiger partial charge in [0, 0.05) is 19.6 Å². The smallest absolute Gasteiger partial charge is 0.317 e. The van der Waals surface area contributed by atoms with E-state index in [2.05, 4.69) is 39.9 Å². The first kappa shape index (κ1) is 17.3. The first-order chi connectivity index (χ1) is 8.47. The number of hydrogen-bond acceptors (Lipinski definition) is 1. The topological polar surface area (TPSA) is 32.3 Å². The van der Waals surface area contributed by atoms with Gasteiger partial charge in [-0.3, -0.25) is 0 Å². The number of hydrogen-bond donors (Lipinski definition) is 1. The maximum atomic E-state index is 12.1. The van der Waals surface area contributed by atoms with Crippen molar-refractivity contribution < 1.29 is 4.79 Å². The first-order valence-electron chi connectivity index (χ1n) is 7.50. The average molecular weight is 256 g/mol. The van der Waals surface area contributed by atoms with Crippen LogP contribution in [-0.2, 0) is 0 Å². The Morgan fingerprint density at radius 2 is 1.56 bits per heavy atom. The molecule has 0 aliphatic rings. The fourth-order valence-electron chi connectivity index (χ4n) is 1.63. The fourth-order valence-corrected chi connectivity index (χ4v) is 1.63. The Bertz CT molecular complexity index is 203. The molecule has 0 rings (SSSR count). The molecule has 0 unspecified atom stereocenters. The summed E-state index contributed by atoms with van der Waals surface area (Å²) in [5.41, 5.74) is 0. The second-order valence-electron chi connectivity index (χ2n) is 5.94. The Morgan fingerprint density at radius 3 is 1.94 bits per heavy atom. The molecule has 0 radical (unpaired) electrons. The van der Waals surface area contributed by atoms with Crippen molar-refractivity contribution in [3.8, 4) is 0 Å². The Morgan fingerprint density at radius 1 is 1.06 bits per heavy atom. The van der Waals surface area contributed by atoms with Gasteiger partial charge in [0.2, 0.25) is 0 Å². The quantitative estimate of drug-likeness (QED) is 0.624. The molecule has 3 nitrogen and oxygen atoms in total. The molecule has 0 aromatic rings. The molecule has 0 fully saturated rings. The third-order valence-electron chi connectivity index (χ3n) is 3.05. The van der Waals surface area contributed by atoms with Gasteiger partial charge in [-0.15, -0.1) is 0 Å². The summed E-state index contributed by atoms with van der Waals surface area (Å²) in [6.07, 6.45) is 4.35. The van der Waals surface area contributed by atoms with Crippen molar-refractivity contribution in [2.24, 2.45) is 11.8 Å². The normalized spacial score (nSPS) is 11.1. The van der Waals surface area contributed by atoms with Gasteiger partial charge in [0.05, 0.1) is 0 Å². The van der Waals surface area contributed by atoms with E-state index in [1.54, 1.807) is 0 Å². The van der Waals surface area contributed by atoms with Crippen LogP contribution in [0, 0.1) is 11.8 Å². The van der Waals surface area contributed by atoms with Crippen molar-refractivity contribution in [1.29, 1.82) is 0 Å². The number of nitrogens with one attached hydrogen (secondary N) is 1. The van der Waals surface area contributed by atoms with E-state index in [1.807, 2.05) is 4.90 Å². The lowest BCUT2D eigenvalue weighted by molar-refractivity contribution is 0.191. The molecule has 108 valence electrons. The summed E-state index contributed by atoms with van der Waals surface area (Å²) in [5, 5.41) is 3.02. The third-order valence-corrected chi connectivity index (χ3v) is 3.05. The number of amides is 2. The summed E-state index contributed by atoms with van der Waals surface area (Å²) in [5.74, 6) is 1.30. The van der Waals surface area contributed by atoms with Crippen molar-refractivity contribution in [3.63, 3.8) is 0 Å². The summed E-state index contributed by atoms with van der Waals surface area (Å²) >= 11 is 0. The Kier molecular flexibility index (Phi) is 9.80. The second kappa shape index (κ2) is 10.2. The van der Waals surface area contributed by atoms with Crippen LogP contribution >= 0.6 is 0 Å². The number of urea groups is 1. The Hall–Kier alpha value is -0.730. The highest BCUT2D eigenvalue weighted by Gasteiger charge is 2.13.